The number of hydrogen-bond donors (Lipinski definition) is 1. The van der Waals surface area contributed by atoms with Crippen molar-refractivity contribution in [2.75, 3.05) is 13.1 Å². The molecule has 0 bridgehead atoms. The Morgan fingerprint density at radius 3 is 3.05 bits per heavy atom. The molecule has 3 heterocycles. The highest BCUT2D eigenvalue weighted by molar-refractivity contribution is 5.16. The molecule has 2 aromatic rings. The van der Waals surface area contributed by atoms with Crippen LogP contribution in [0.2, 0.25) is 0 Å². The molecule has 1 aliphatic heterocycles. The van der Waals surface area contributed by atoms with E-state index in [4.69, 9.17) is 0 Å². The number of pyridine rings is 1. The summed E-state index contributed by atoms with van der Waals surface area (Å²) < 4.78 is 2.25. The van der Waals surface area contributed by atoms with Crippen LogP contribution in [0.3, 0.4) is 0 Å². The molecule has 1 aliphatic rings. The highest BCUT2D eigenvalue weighted by atomic mass is 15.1. The van der Waals surface area contributed by atoms with Gasteiger partial charge in [0.05, 0.1) is 12.9 Å². The van der Waals surface area contributed by atoms with Crippen molar-refractivity contribution in [1.29, 1.82) is 0 Å². The van der Waals surface area contributed by atoms with E-state index in [1.54, 1.807) is 0 Å². The topological polar surface area (TPSA) is 42.7 Å². The molecule has 1 fully saturated rings. The fourth-order valence-electron chi connectivity index (χ4n) is 2.70. The first kappa shape index (κ1) is 12.4. The lowest BCUT2D eigenvalue weighted by atomic mass is 9.96. The molecule has 3 rings (SSSR count). The second kappa shape index (κ2) is 5.53. The molecule has 0 radical (unpaired) electrons. The first-order valence-corrected chi connectivity index (χ1v) is 6.95. The van der Waals surface area contributed by atoms with Crippen LogP contribution in [0, 0.1) is 6.92 Å². The minimum absolute atomic E-state index is 0.592. The minimum atomic E-state index is 0.592. The molecule has 0 amide bonds. The Balaban J connectivity index is 1.77. The van der Waals surface area contributed by atoms with E-state index in [1.165, 1.54) is 24.1 Å². The Hall–Kier alpha value is -1.68. The number of imidazole rings is 1. The van der Waals surface area contributed by atoms with E-state index in [-0.39, 0.29) is 0 Å². The molecule has 1 saturated heterocycles. The summed E-state index contributed by atoms with van der Waals surface area (Å²) >= 11 is 0. The molecule has 0 aliphatic carbocycles. The van der Waals surface area contributed by atoms with Crippen LogP contribution in [0.25, 0.3) is 0 Å². The van der Waals surface area contributed by atoms with Crippen LogP contribution < -0.4 is 5.32 Å². The van der Waals surface area contributed by atoms with Gasteiger partial charge in [0.2, 0.25) is 0 Å². The van der Waals surface area contributed by atoms with Crippen LogP contribution in [-0.2, 0) is 6.54 Å². The quantitative estimate of drug-likeness (QED) is 0.914. The lowest BCUT2D eigenvalue weighted by Gasteiger charge is -2.23. The summed E-state index contributed by atoms with van der Waals surface area (Å²) in [6, 6.07) is 4.21. The van der Waals surface area contributed by atoms with Crippen molar-refractivity contribution in [3.05, 3.63) is 47.8 Å². The predicted molar refractivity (Wildman–Crippen MR) is 75.1 cm³/mol. The lowest BCUT2D eigenvalue weighted by molar-refractivity contribution is 0.444. The van der Waals surface area contributed by atoms with Crippen LogP contribution in [0.1, 0.15) is 35.7 Å². The van der Waals surface area contributed by atoms with Gasteiger partial charge in [-0.1, -0.05) is 6.07 Å². The van der Waals surface area contributed by atoms with Crippen molar-refractivity contribution in [2.24, 2.45) is 0 Å². The first-order valence-electron chi connectivity index (χ1n) is 6.95. The van der Waals surface area contributed by atoms with Crippen molar-refractivity contribution in [3.8, 4) is 0 Å². The van der Waals surface area contributed by atoms with E-state index in [0.717, 1.165) is 25.3 Å². The van der Waals surface area contributed by atoms with Crippen LogP contribution >= 0.6 is 0 Å². The summed E-state index contributed by atoms with van der Waals surface area (Å²) in [5.74, 6) is 0.592. The number of aryl methyl sites for hydroxylation is 1. The Morgan fingerprint density at radius 1 is 1.37 bits per heavy atom. The summed E-state index contributed by atoms with van der Waals surface area (Å²) in [5, 5.41) is 3.47. The standard InChI is InChI=1S/C15H20N4/c1-12-4-5-13(7-18-12)10-19-11-17-9-15(19)14-3-2-6-16-8-14/h4-5,7,9,11,14,16H,2-3,6,8,10H2,1H3. The maximum atomic E-state index is 4.36. The SMILES string of the molecule is Cc1ccc(Cn2cncc2C2CCCNC2)cn1. The third kappa shape index (κ3) is 2.84. The molecule has 1 unspecified atom stereocenters. The minimum Gasteiger partial charge on any atom is -0.330 e. The maximum Gasteiger partial charge on any atom is 0.0951 e. The number of piperidine rings is 1. The molecular formula is C15H20N4. The fraction of sp³-hybridized carbons (Fsp3) is 0.467. The zero-order valence-corrected chi connectivity index (χ0v) is 11.3. The molecule has 0 saturated carbocycles. The predicted octanol–water partition coefficient (Wildman–Crippen LogP) is 2.10. The summed E-state index contributed by atoms with van der Waals surface area (Å²) in [7, 11) is 0. The molecule has 100 valence electrons. The molecule has 4 nitrogen and oxygen atoms in total. The van der Waals surface area contributed by atoms with Gasteiger partial charge in [-0.15, -0.1) is 0 Å². The van der Waals surface area contributed by atoms with E-state index in [0.29, 0.717) is 5.92 Å². The summed E-state index contributed by atoms with van der Waals surface area (Å²) in [6.07, 6.45) is 8.41. The van der Waals surface area contributed by atoms with Crippen LogP contribution in [0.4, 0.5) is 0 Å². The highest BCUT2D eigenvalue weighted by Gasteiger charge is 2.18. The van der Waals surface area contributed by atoms with Gasteiger partial charge in [-0.2, -0.15) is 0 Å². The molecule has 2 aromatic heterocycles. The van der Waals surface area contributed by atoms with E-state index in [2.05, 4.69) is 32.0 Å². The van der Waals surface area contributed by atoms with Crippen molar-refractivity contribution in [2.45, 2.75) is 32.2 Å². The molecule has 19 heavy (non-hydrogen) atoms. The van der Waals surface area contributed by atoms with Crippen LogP contribution in [-0.4, -0.2) is 27.6 Å². The normalized spacial score (nSPS) is 19.5. The van der Waals surface area contributed by atoms with E-state index in [9.17, 15) is 0 Å². The number of nitrogens with one attached hydrogen (secondary N) is 1. The number of hydrogen-bond acceptors (Lipinski definition) is 3. The van der Waals surface area contributed by atoms with Crippen molar-refractivity contribution in [3.63, 3.8) is 0 Å². The van der Waals surface area contributed by atoms with Crippen molar-refractivity contribution < 1.29 is 0 Å². The zero-order chi connectivity index (χ0) is 13.1. The number of rotatable bonds is 3. The van der Waals surface area contributed by atoms with Gasteiger partial charge in [0.25, 0.3) is 0 Å². The van der Waals surface area contributed by atoms with Crippen LogP contribution in [0.5, 0.6) is 0 Å². The van der Waals surface area contributed by atoms with Gasteiger partial charge in [0, 0.05) is 36.2 Å². The second-order valence-electron chi connectivity index (χ2n) is 5.30. The maximum absolute atomic E-state index is 4.36. The van der Waals surface area contributed by atoms with E-state index >= 15 is 0 Å². The summed E-state index contributed by atoms with van der Waals surface area (Å²) in [5.41, 5.74) is 3.63. The number of nitrogens with zero attached hydrogens (tertiary/aromatic N) is 3. The summed E-state index contributed by atoms with van der Waals surface area (Å²) in [4.78, 5) is 8.68. The molecule has 1 N–H and O–H groups in total. The third-order valence-corrected chi connectivity index (χ3v) is 3.79. The Morgan fingerprint density at radius 2 is 2.32 bits per heavy atom. The fourth-order valence-corrected chi connectivity index (χ4v) is 2.70. The Bertz CT molecular complexity index is 523. The van der Waals surface area contributed by atoms with Gasteiger partial charge >= 0.3 is 0 Å². The van der Waals surface area contributed by atoms with Gasteiger partial charge in [-0.05, 0) is 37.9 Å². The lowest BCUT2D eigenvalue weighted by Crippen LogP contribution is -2.29. The molecule has 0 spiro atoms. The van der Waals surface area contributed by atoms with Gasteiger partial charge < -0.3 is 9.88 Å². The van der Waals surface area contributed by atoms with E-state index in [1.807, 2.05) is 25.6 Å². The molecule has 1 atom stereocenters. The van der Waals surface area contributed by atoms with Gasteiger partial charge in [-0.3, -0.25) is 4.98 Å². The third-order valence-electron chi connectivity index (χ3n) is 3.79. The molecule has 4 heteroatoms. The largest absolute Gasteiger partial charge is 0.330 e. The number of aromatic nitrogens is 3. The van der Waals surface area contributed by atoms with Gasteiger partial charge in [0.15, 0.2) is 0 Å². The highest BCUT2D eigenvalue weighted by Crippen LogP contribution is 2.23. The molecular weight excluding hydrogens is 236 g/mol. The van der Waals surface area contributed by atoms with Crippen molar-refractivity contribution in [1.82, 2.24) is 19.9 Å². The average Bonchev–Trinajstić information content (AvgIpc) is 2.90. The Kier molecular flexibility index (Phi) is 3.60. The summed E-state index contributed by atoms with van der Waals surface area (Å²) in [6.45, 7) is 5.09. The van der Waals surface area contributed by atoms with Crippen LogP contribution in [0.15, 0.2) is 30.9 Å². The van der Waals surface area contributed by atoms with E-state index < -0.39 is 0 Å². The van der Waals surface area contributed by atoms with Crippen molar-refractivity contribution >= 4 is 0 Å². The van der Waals surface area contributed by atoms with Gasteiger partial charge in [0.1, 0.15) is 0 Å². The zero-order valence-electron chi connectivity index (χ0n) is 11.3. The smallest absolute Gasteiger partial charge is 0.0951 e. The Labute approximate surface area is 113 Å². The first-order chi connectivity index (χ1) is 9.33. The average molecular weight is 256 g/mol. The monoisotopic (exact) mass is 256 g/mol. The molecule has 0 aromatic carbocycles. The second-order valence-corrected chi connectivity index (χ2v) is 5.30. The van der Waals surface area contributed by atoms with Gasteiger partial charge in [-0.25, -0.2) is 4.98 Å².